The average molecular weight is 314 g/mol. The Hall–Kier alpha value is -1.56. The molecule has 0 aliphatic carbocycles. The second-order valence-corrected chi connectivity index (χ2v) is 5.94. The number of nitrogens with two attached hydrogens (primary N) is 1. The van der Waals surface area contributed by atoms with Crippen molar-refractivity contribution in [1.29, 1.82) is 0 Å². The first-order valence-electron chi connectivity index (χ1n) is 7.48. The van der Waals surface area contributed by atoms with Crippen molar-refractivity contribution in [2.24, 2.45) is 5.73 Å². The van der Waals surface area contributed by atoms with Gasteiger partial charge < -0.3 is 10.6 Å². The van der Waals surface area contributed by atoms with Crippen LogP contribution in [0.5, 0.6) is 0 Å². The minimum absolute atomic E-state index is 0.0410. The van der Waals surface area contributed by atoms with Crippen LogP contribution >= 0.6 is 0 Å². The van der Waals surface area contributed by atoms with E-state index >= 15 is 0 Å². The topological polar surface area (TPSA) is 46.3 Å². The fourth-order valence-electron chi connectivity index (χ4n) is 2.66. The van der Waals surface area contributed by atoms with Gasteiger partial charge >= 0.3 is 6.18 Å². The highest BCUT2D eigenvalue weighted by Crippen LogP contribution is 2.30. The zero-order chi connectivity index (χ0) is 16.3. The Morgan fingerprint density at radius 3 is 2.32 bits per heavy atom. The first-order chi connectivity index (χ1) is 10.3. The smallest absolute Gasteiger partial charge is 0.343 e. The van der Waals surface area contributed by atoms with Crippen molar-refractivity contribution >= 4 is 5.91 Å². The van der Waals surface area contributed by atoms with E-state index in [4.69, 9.17) is 5.73 Å². The van der Waals surface area contributed by atoms with Crippen LogP contribution in [0.1, 0.15) is 43.2 Å². The zero-order valence-electron chi connectivity index (χ0n) is 12.6. The van der Waals surface area contributed by atoms with Crippen LogP contribution < -0.4 is 5.73 Å². The van der Waals surface area contributed by atoms with Gasteiger partial charge in [-0.25, -0.2) is 0 Å². The van der Waals surface area contributed by atoms with Gasteiger partial charge in [0.05, 0.1) is 5.56 Å². The van der Waals surface area contributed by atoms with Crippen molar-refractivity contribution in [3.05, 3.63) is 35.4 Å². The summed E-state index contributed by atoms with van der Waals surface area (Å²) < 4.78 is 37.6. The molecule has 0 radical (unpaired) electrons. The first kappa shape index (κ1) is 16.8. The molecule has 1 atom stereocenters. The van der Waals surface area contributed by atoms with Gasteiger partial charge in [0, 0.05) is 25.6 Å². The summed E-state index contributed by atoms with van der Waals surface area (Å²) in [6.45, 7) is 3.19. The van der Waals surface area contributed by atoms with E-state index in [0.717, 1.165) is 30.5 Å². The number of carbonyl (C=O) groups is 1. The van der Waals surface area contributed by atoms with E-state index in [9.17, 15) is 18.0 Å². The molecule has 0 saturated carbocycles. The molecule has 1 aromatic rings. The number of benzene rings is 1. The van der Waals surface area contributed by atoms with Gasteiger partial charge in [0.2, 0.25) is 5.91 Å². The molecule has 1 amide bonds. The van der Waals surface area contributed by atoms with Crippen LogP contribution in [-0.4, -0.2) is 29.9 Å². The molecular formula is C16H21F3N2O. The van der Waals surface area contributed by atoms with Crippen LogP contribution in [0, 0.1) is 0 Å². The van der Waals surface area contributed by atoms with E-state index in [1.165, 1.54) is 12.1 Å². The van der Waals surface area contributed by atoms with E-state index in [0.29, 0.717) is 19.5 Å². The summed E-state index contributed by atoms with van der Waals surface area (Å²) in [5.41, 5.74) is 5.89. The third kappa shape index (κ3) is 4.22. The molecule has 1 aromatic carbocycles. The van der Waals surface area contributed by atoms with Crippen molar-refractivity contribution < 1.29 is 18.0 Å². The van der Waals surface area contributed by atoms with E-state index in [-0.39, 0.29) is 17.9 Å². The van der Waals surface area contributed by atoms with E-state index < -0.39 is 11.7 Å². The van der Waals surface area contributed by atoms with E-state index in [1.54, 1.807) is 4.90 Å². The molecule has 2 N–H and O–H groups in total. The minimum atomic E-state index is -4.33. The number of alkyl halides is 3. The Balaban J connectivity index is 1.94. The number of amides is 1. The molecule has 3 nitrogen and oxygen atoms in total. The number of carbonyl (C=O) groups excluding carboxylic acids is 1. The number of rotatable bonds is 3. The first-order valence-corrected chi connectivity index (χ1v) is 7.48. The highest BCUT2D eigenvalue weighted by Gasteiger charge is 2.30. The highest BCUT2D eigenvalue weighted by atomic mass is 19.4. The van der Waals surface area contributed by atoms with E-state index in [2.05, 4.69) is 0 Å². The molecule has 0 bridgehead atoms. The molecule has 1 aliphatic heterocycles. The van der Waals surface area contributed by atoms with Crippen molar-refractivity contribution in [2.75, 3.05) is 13.1 Å². The van der Waals surface area contributed by atoms with Crippen molar-refractivity contribution in [3.63, 3.8) is 0 Å². The largest absolute Gasteiger partial charge is 0.416 e. The van der Waals surface area contributed by atoms with Crippen LogP contribution in [0.4, 0.5) is 13.2 Å². The molecule has 1 heterocycles. The summed E-state index contributed by atoms with van der Waals surface area (Å²) >= 11 is 0. The highest BCUT2D eigenvalue weighted by molar-refractivity contribution is 5.77. The van der Waals surface area contributed by atoms with Gasteiger partial charge in [0.15, 0.2) is 0 Å². The number of hydrogen-bond acceptors (Lipinski definition) is 2. The lowest BCUT2D eigenvalue weighted by Gasteiger charge is -2.31. The summed E-state index contributed by atoms with van der Waals surface area (Å²) in [5, 5.41) is 0. The van der Waals surface area contributed by atoms with Gasteiger partial charge in [0.25, 0.3) is 0 Å². The Labute approximate surface area is 128 Å². The van der Waals surface area contributed by atoms with E-state index in [1.807, 2.05) is 6.92 Å². The third-order valence-corrected chi connectivity index (χ3v) is 4.18. The maximum Gasteiger partial charge on any atom is 0.416 e. The maximum absolute atomic E-state index is 12.5. The number of nitrogens with zero attached hydrogens (tertiary/aromatic N) is 1. The molecular weight excluding hydrogens is 293 g/mol. The average Bonchev–Trinajstić information content (AvgIpc) is 2.47. The van der Waals surface area contributed by atoms with Crippen LogP contribution in [0.3, 0.4) is 0 Å². The lowest BCUT2D eigenvalue weighted by Crippen LogP contribution is -2.43. The standard InChI is InChI=1S/C16H21F3N2O/c1-11(10-15(22)21-8-6-14(20)7-9-21)12-2-4-13(5-3-12)16(17,18)19/h2-5,11,14H,6-10,20H2,1H3. The van der Waals surface area contributed by atoms with Crippen LogP contribution in [0.25, 0.3) is 0 Å². The van der Waals surface area contributed by atoms with Crippen LogP contribution in [-0.2, 0) is 11.0 Å². The quantitative estimate of drug-likeness (QED) is 0.931. The third-order valence-electron chi connectivity index (χ3n) is 4.18. The van der Waals surface area contributed by atoms with Crippen molar-refractivity contribution in [1.82, 2.24) is 4.90 Å². The summed E-state index contributed by atoms with van der Waals surface area (Å²) in [6, 6.07) is 5.20. The second-order valence-electron chi connectivity index (χ2n) is 5.94. The maximum atomic E-state index is 12.5. The fraction of sp³-hybridized carbons (Fsp3) is 0.562. The summed E-state index contributed by atoms with van der Waals surface area (Å²) in [5.74, 6) is -0.0651. The molecule has 1 unspecified atom stereocenters. The Kier molecular flexibility index (Phi) is 5.11. The number of halogens is 3. The van der Waals surface area contributed by atoms with Gasteiger partial charge in [-0.2, -0.15) is 13.2 Å². The Morgan fingerprint density at radius 2 is 1.82 bits per heavy atom. The fourth-order valence-corrected chi connectivity index (χ4v) is 2.66. The van der Waals surface area contributed by atoms with Gasteiger partial charge in [0.1, 0.15) is 0 Å². The molecule has 1 saturated heterocycles. The second kappa shape index (κ2) is 6.69. The van der Waals surface area contributed by atoms with Gasteiger partial charge in [-0.05, 0) is 36.5 Å². The number of hydrogen-bond donors (Lipinski definition) is 1. The Morgan fingerprint density at radius 1 is 1.27 bits per heavy atom. The van der Waals surface area contributed by atoms with Gasteiger partial charge in [-0.15, -0.1) is 0 Å². The summed E-state index contributed by atoms with van der Waals surface area (Å²) in [6.07, 6.45) is -2.41. The van der Waals surface area contributed by atoms with Gasteiger partial charge in [-0.1, -0.05) is 19.1 Å². The molecule has 122 valence electrons. The molecule has 2 rings (SSSR count). The van der Waals surface area contributed by atoms with Crippen LogP contribution in [0.2, 0.25) is 0 Å². The van der Waals surface area contributed by atoms with Crippen LogP contribution in [0.15, 0.2) is 24.3 Å². The lowest BCUT2D eigenvalue weighted by molar-refractivity contribution is -0.137. The number of likely N-dealkylation sites (tertiary alicyclic amines) is 1. The Bertz CT molecular complexity index is 505. The predicted molar refractivity (Wildman–Crippen MR) is 78.3 cm³/mol. The monoisotopic (exact) mass is 314 g/mol. The van der Waals surface area contributed by atoms with Crippen molar-refractivity contribution in [3.8, 4) is 0 Å². The molecule has 1 fully saturated rings. The molecule has 22 heavy (non-hydrogen) atoms. The lowest BCUT2D eigenvalue weighted by atomic mass is 9.95. The zero-order valence-corrected chi connectivity index (χ0v) is 12.6. The molecule has 0 aromatic heterocycles. The minimum Gasteiger partial charge on any atom is -0.343 e. The molecule has 0 spiro atoms. The van der Waals surface area contributed by atoms with Gasteiger partial charge in [-0.3, -0.25) is 4.79 Å². The molecule has 1 aliphatic rings. The molecule has 6 heteroatoms. The normalized spacial score (nSPS) is 18.3. The summed E-state index contributed by atoms with van der Waals surface area (Å²) in [4.78, 5) is 14.0. The number of piperidine rings is 1. The van der Waals surface area contributed by atoms with Crippen molar-refractivity contribution in [2.45, 2.75) is 44.3 Å². The summed E-state index contributed by atoms with van der Waals surface area (Å²) in [7, 11) is 0. The predicted octanol–water partition coefficient (Wildman–Crippen LogP) is 3.15. The SMILES string of the molecule is CC(CC(=O)N1CCC(N)CC1)c1ccc(C(F)(F)F)cc1.